The highest BCUT2D eigenvalue weighted by Gasteiger charge is 2.17. The van der Waals surface area contributed by atoms with Crippen molar-refractivity contribution in [3.63, 3.8) is 0 Å². The predicted molar refractivity (Wildman–Crippen MR) is 56.1 cm³/mol. The maximum Gasteiger partial charge on any atom is 0.232 e. The third kappa shape index (κ3) is 3.34. The molecule has 0 amide bonds. The van der Waals surface area contributed by atoms with Crippen LogP contribution in [0.1, 0.15) is 32.6 Å². The predicted octanol–water partition coefficient (Wildman–Crippen LogP) is 1.89. The van der Waals surface area contributed by atoms with Crippen LogP contribution in [0.15, 0.2) is 9.85 Å². The largest absolute Gasteiger partial charge is 0.232 e. The zero-order chi connectivity index (χ0) is 10.4. The number of hydrogen-bond donors (Lipinski definition) is 0. The van der Waals surface area contributed by atoms with E-state index < -0.39 is 9.84 Å². The molecule has 1 rings (SSSR count). The van der Waals surface area contributed by atoms with Crippen LogP contribution in [-0.2, 0) is 9.84 Å². The molecule has 14 heavy (non-hydrogen) atoms. The normalized spacial score (nSPS) is 11.8. The van der Waals surface area contributed by atoms with Crippen molar-refractivity contribution in [2.75, 3.05) is 5.75 Å². The summed E-state index contributed by atoms with van der Waals surface area (Å²) < 4.78 is 23.3. The van der Waals surface area contributed by atoms with E-state index in [9.17, 15) is 8.42 Å². The fourth-order valence-corrected chi connectivity index (χ4v) is 3.28. The van der Waals surface area contributed by atoms with Crippen LogP contribution in [0.3, 0.4) is 0 Å². The summed E-state index contributed by atoms with van der Waals surface area (Å²) >= 11 is 1.08. The molecule has 0 aliphatic heterocycles. The summed E-state index contributed by atoms with van der Waals surface area (Å²) in [7, 11) is -3.15. The van der Waals surface area contributed by atoms with E-state index in [1.807, 2.05) is 0 Å². The number of unbranched alkanes of at least 4 members (excludes halogenated alkanes) is 3. The number of rotatable bonds is 6. The van der Waals surface area contributed by atoms with Gasteiger partial charge in [-0.3, -0.25) is 0 Å². The van der Waals surface area contributed by atoms with E-state index >= 15 is 0 Å². The second-order valence-corrected chi connectivity index (χ2v) is 6.20. The molecule has 0 bridgehead atoms. The molecule has 80 valence electrons. The summed E-state index contributed by atoms with van der Waals surface area (Å²) in [4.78, 5) is 0. The Morgan fingerprint density at radius 2 is 2.14 bits per heavy atom. The standard InChI is InChI=1S/C8H14N2O2S2/c1-2-3-4-5-6-14(11,12)8-10-9-7-13-8/h7H,2-6H2,1H3. The lowest BCUT2D eigenvalue weighted by molar-refractivity contribution is 0.587. The number of aromatic nitrogens is 2. The molecule has 0 fully saturated rings. The van der Waals surface area contributed by atoms with Crippen LogP contribution < -0.4 is 0 Å². The maximum absolute atomic E-state index is 11.6. The van der Waals surface area contributed by atoms with Crippen LogP contribution in [0.4, 0.5) is 0 Å². The van der Waals surface area contributed by atoms with Gasteiger partial charge in [-0.05, 0) is 6.42 Å². The van der Waals surface area contributed by atoms with Crippen LogP contribution in [0.25, 0.3) is 0 Å². The lowest BCUT2D eigenvalue weighted by Gasteiger charge is -1.99. The van der Waals surface area contributed by atoms with Crippen molar-refractivity contribution < 1.29 is 8.42 Å². The van der Waals surface area contributed by atoms with Gasteiger partial charge in [0, 0.05) is 0 Å². The molecule has 0 aromatic carbocycles. The Hall–Kier alpha value is -0.490. The summed E-state index contributed by atoms with van der Waals surface area (Å²) in [5.41, 5.74) is 1.44. The van der Waals surface area contributed by atoms with Crippen molar-refractivity contribution in [2.45, 2.75) is 36.9 Å². The fraction of sp³-hybridized carbons (Fsp3) is 0.750. The third-order valence-corrected chi connectivity index (χ3v) is 4.85. The van der Waals surface area contributed by atoms with Gasteiger partial charge < -0.3 is 0 Å². The first-order chi connectivity index (χ1) is 6.67. The Bertz CT molecular complexity index is 345. The first-order valence-electron chi connectivity index (χ1n) is 4.65. The van der Waals surface area contributed by atoms with Gasteiger partial charge in [-0.15, -0.1) is 10.2 Å². The number of nitrogens with zero attached hydrogens (tertiary/aromatic N) is 2. The van der Waals surface area contributed by atoms with Gasteiger partial charge in [0.2, 0.25) is 14.2 Å². The SMILES string of the molecule is CCCCCCS(=O)(=O)c1nncs1. The van der Waals surface area contributed by atoms with Crippen LogP contribution >= 0.6 is 11.3 Å². The van der Waals surface area contributed by atoms with E-state index in [0.29, 0.717) is 0 Å². The van der Waals surface area contributed by atoms with Crippen LogP contribution in [0.2, 0.25) is 0 Å². The summed E-state index contributed by atoms with van der Waals surface area (Å²) in [6, 6.07) is 0. The molecule has 0 aliphatic carbocycles. The molecule has 1 aromatic heterocycles. The van der Waals surface area contributed by atoms with Gasteiger partial charge in [-0.25, -0.2) is 8.42 Å². The molecule has 4 nitrogen and oxygen atoms in total. The van der Waals surface area contributed by atoms with Crippen molar-refractivity contribution in [1.82, 2.24) is 10.2 Å². The van der Waals surface area contributed by atoms with E-state index in [4.69, 9.17) is 0 Å². The molecule has 1 heterocycles. The van der Waals surface area contributed by atoms with Gasteiger partial charge >= 0.3 is 0 Å². The minimum absolute atomic E-state index is 0.147. The van der Waals surface area contributed by atoms with Crippen LogP contribution in [-0.4, -0.2) is 24.4 Å². The Labute approximate surface area is 88.3 Å². The topological polar surface area (TPSA) is 59.9 Å². The van der Waals surface area contributed by atoms with Gasteiger partial charge in [0.25, 0.3) is 0 Å². The highest BCUT2D eigenvalue weighted by Crippen LogP contribution is 2.14. The molecule has 0 radical (unpaired) electrons. The van der Waals surface area contributed by atoms with Crippen molar-refractivity contribution >= 4 is 21.2 Å². The van der Waals surface area contributed by atoms with Crippen molar-refractivity contribution in [2.24, 2.45) is 0 Å². The van der Waals surface area contributed by atoms with E-state index in [2.05, 4.69) is 17.1 Å². The summed E-state index contributed by atoms with van der Waals surface area (Å²) in [6.45, 7) is 2.10. The molecule has 6 heteroatoms. The highest BCUT2D eigenvalue weighted by atomic mass is 32.2. The van der Waals surface area contributed by atoms with Gasteiger partial charge in [0.1, 0.15) is 5.51 Å². The monoisotopic (exact) mass is 234 g/mol. The summed E-state index contributed by atoms with van der Waals surface area (Å²) in [5.74, 6) is 0.197. The molecular formula is C8H14N2O2S2. The minimum atomic E-state index is -3.15. The van der Waals surface area contributed by atoms with E-state index in [-0.39, 0.29) is 10.1 Å². The minimum Gasteiger partial charge on any atom is -0.221 e. The van der Waals surface area contributed by atoms with E-state index in [0.717, 1.165) is 37.0 Å². The third-order valence-electron chi connectivity index (χ3n) is 1.87. The number of hydrogen-bond acceptors (Lipinski definition) is 5. The summed E-state index contributed by atoms with van der Waals surface area (Å²) in [6.07, 6.45) is 3.88. The van der Waals surface area contributed by atoms with Gasteiger partial charge in [-0.2, -0.15) is 0 Å². The van der Waals surface area contributed by atoms with Crippen LogP contribution in [0, 0.1) is 0 Å². The Morgan fingerprint density at radius 3 is 2.71 bits per heavy atom. The lowest BCUT2D eigenvalue weighted by Crippen LogP contribution is -2.06. The highest BCUT2D eigenvalue weighted by molar-refractivity contribution is 7.93. The Morgan fingerprint density at radius 1 is 1.36 bits per heavy atom. The molecule has 0 saturated heterocycles. The molecule has 1 aromatic rings. The quantitative estimate of drug-likeness (QED) is 0.705. The van der Waals surface area contributed by atoms with Crippen molar-refractivity contribution in [1.29, 1.82) is 0 Å². The summed E-state index contributed by atoms with van der Waals surface area (Å²) in [5, 5.41) is 7.09. The molecule has 0 atom stereocenters. The second kappa shape index (κ2) is 5.41. The van der Waals surface area contributed by atoms with Gasteiger partial charge in [0.15, 0.2) is 0 Å². The zero-order valence-corrected chi connectivity index (χ0v) is 9.77. The average Bonchev–Trinajstić information content (AvgIpc) is 2.65. The zero-order valence-electron chi connectivity index (χ0n) is 8.14. The Balaban J connectivity index is 2.44. The number of sulfone groups is 1. The van der Waals surface area contributed by atoms with E-state index in [1.165, 1.54) is 5.51 Å². The molecule has 0 aliphatic rings. The van der Waals surface area contributed by atoms with E-state index in [1.54, 1.807) is 0 Å². The maximum atomic E-state index is 11.6. The first kappa shape index (κ1) is 11.6. The molecule has 0 unspecified atom stereocenters. The lowest BCUT2D eigenvalue weighted by atomic mass is 10.2. The van der Waals surface area contributed by atoms with Gasteiger partial charge in [0.05, 0.1) is 5.75 Å². The second-order valence-electron chi connectivity index (χ2n) is 3.08. The van der Waals surface area contributed by atoms with Crippen molar-refractivity contribution in [3.8, 4) is 0 Å². The molecule has 0 saturated carbocycles. The average molecular weight is 234 g/mol. The molecule has 0 N–H and O–H groups in total. The Kier molecular flexibility index (Phi) is 4.47. The van der Waals surface area contributed by atoms with Gasteiger partial charge in [-0.1, -0.05) is 37.5 Å². The van der Waals surface area contributed by atoms with Crippen molar-refractivity contribution in [3.05, 3.63) is 5.51 Å². The fourth-order valence-electron chi connectivity index (χ4n) is 1.10. The van der Waals surface area contributed by atoms with Crippen LogP contribution in [0.5, 0.6) is 0 Å². The molecular weight excluding hydrogens is 220 g/mol. The molecule has 0 spiro atoms. The smallest absolute Gasteiger partial charge is 0.221 e. The first-order valence-corrected chi connectivity index (χ1v) is 7.19.